The molecule has 0 heterocycles. The number of esters is 2. The minimum atomic E-state index is -4.39. The molecule has 2 unspecified atom stereocenters. The van der Waals surface area contributed by atoms with Crippen LogP contribution in [0.5, 0.6) is 0 Å². The van der Waals surface area contributed by atoms with Crippen LogP contribution in [0.1, 0.15) is 354 Å². The van der Waals surface area contributed by atoms with Crippen LogP contribution in [0.4, 0.5) is 0 Å². The van der Waals surface area contributed by atoms with Crippen LogP contribution in [0.15, 0.2) is 36.5 Å². The third kappa shape index (κ3) is 63.4. The van der Waals surface area contributed by atoms with Crippen molar-refractivity contribution in [3.8, 4) is 0 Å². The average Bonchev–Trinajstić information content (AvgIpc) is 3.43. The van der Waals surface area contributed by atoms with Gasteiger partial charge in [0.25, 0.3) is 0 Å². The average molecular weight is 1120 g/mol. The van der Waals surface area contributed by atoms with E-state index in [0.717, 1.165) is 70.6 Å². The van der Waals surface area contributed by atoms with Crippen molar-refractivity contribution in [2.75, 3.05) is 26.4 Å². The highest BCUT2D eigenvalue weighted by Crippen LogP contribution is 2.43. The first kappa shape index (κ1) is 76.2. The second-order valence-electron chi connectivity index (χ2n) is 23.1. The van der Waals surface area contributed by atoms with Crippen LogP contribution < -0.4 is 5.73 Å². The topological polar surface area (TPSA) is 134 Å². The van der Waals surface area contributed by atoms with Gasteiger partial charge >= 0.3 is 19.8 Å². The summed E-state index contributed by atoms with van der Waals surface area (Å²) >= 11 is 0. The number of carbonyl (C=O) groups excluding carboxylic acids is 2. The van der Waals surface area contributed by atoms with Crippen molar-refractivity contribution in [2.45, 2.75) is 360 Å². The molecular weight excluding hydrogens is 990 g/mol. The molecule has 0 fully saturated rings. The Morgan fingerprint density at radius 3 is 0.987 bits per heavy atom. The van der Waals surface area contributed by atoms with Crippen LogP contribution in [0.25, 0.3) is 0 Å². The van der Waals surface area contributed by atoms with Gasteiger partial charge < -0.3 is 20.1 Å². The minimum absolute atomic E-state index is 0.0520. The Kier molecular flexibility index (Phi) is 62.9. The Labute approximate surface area is 484 Å². The van der Waals surface area contributed by atoms with E-state index in [0.29, 0.717) is 6.42 Å². The predicted molar refractivity (Wildman–Crippen MR) is 335 cm³/mol. The van der Waals surface area contributed by atoms with Crippen LogP contribution in [-0.2, 0) is 32.7 Å². The summed E-state index contributed by atoms with van der Waals surface area (Å²) in [5, 5.41) is 0. The number of ether oxygens (including phenoxy) is 2. The monoisotopic (exact) mass is 1120 g/mol. The van der Waals surface area contributed by atoms with Crippen LogP contribution in [0.2, 0.25) is 0 Å². The molecule has 2 atom stereocenters. The van der Waals surface area contributed by atoms with Crippen molar-refractivity contribution in [1.82, 2.24) is 0 Å². The lowest BCUT2D eigenvalue weighted by atomic mass is 10.0. The molecule has 0 aromatic carbocycles. The van der Waals surface area contributed by atoms with Gasteiger partial charge in [0, 0.05) is 19.4 Å². The number of phosphoric acid groups is 1. The lowest BCUT2D eigenvalue weighted by Crippen LogP contribution is -2.29. The van der Waals surface area contributed by atoms with Gasteiger partial charge in [-0.15, -0.1) is 0 Å². The quantitative estimate of drug-likeness (QED) is 0.0264. The summed E-state index contributed by atoms with van der Waals surface area (Å²) in [4.78, 5) is 35.3. The van der Waals surface area contributed by atoms with E-state index in [1.807, 2.05) is 0 Å². The minimum Gasteiger partial charge on any atom is -0.462 e. The van der Waals surface area contributed by atoms with E-state index in [1.54, 1.807) is 0 Å². The molecule has 10 heteroatoms. The fraction of sp³-hybridized carbons (Fsp3) is 0.882. The number of nitrogens with two attached hydrogens (primary N) is 1. The fourth-order valence-corrected chi connectivity index (χ4v) is 11.0. The number of phosphoric ester groups is 1. The molecule has 0 amide bonds. The molecule has 0 aliphatic rings. The first-order valence-corrected chi connectivity index (χ1v) is 35.5. The van der Waals surface area contributed by atoms with E-state index < -0.39 is 26.5 Å². The Balaban J connectivity index is 3.80. The van der Waals surface area contributed by atoms with Gasteiger partial charge in [-0.2, -0.15) is 0 Å². The molecule has 0 spiro atoms. The van der Waals surface area contributed by atoms with Crippen molar-refractivity contribution < 1.29 is 37.6 Å². The number of carbonyl (C=O) groups is 2. The first-order valence-electron chi connectivity index (χ1n) is 34.0. The second kappa shape index (κ2) is 64.4. The van der Waals surface area contributed by atoms with Crippen LogP contribution in [0.3, 0.4) is 0 Å². The summed E-state index contributed by atoms with van der Waals surface area (Å²) in [5.74, 6) is -0.826. The highest BCUT2D eigenvalue weighted by atomic mass is 31.2. The smallest absolute Gasteiger partial charge is 0.462 e. The van der Waals surface area contributed by atoms with Crippen molar-refractivity contribution >= 4 is 19.8 Å². The highest BCUT2D eigenvalue weighted by Gasteiger charge is 2.26. The lowest BCUT2D eigenvalue weighted by Gasteiger charge is -2.19. The molecule has 3 N–H and O–H groups in total. The largest absolute Gasteiger partial charge is 0.472 e. The van der Waals surface area contributed by atoms with Gasteiger partial charge in [0.15, 0.2) is 6.10 Å². The van der Waals surface area contributed by atoms with Crippen molar-refractivity contribution in [3.05, 3.63) is 36.5 Å². The molecule has 460 valence electrons. The van der Waals surface area contributed by atoms with E-state index in [-0.39, 0.29) is 38.6 Å². The third-order valence-corrected chi connectivity index (χ3v) is 16.3. The zero-order valence-corrected chi connectivity index (χ0v) is 52.6. The van der Waals surface area contributed by atoms with E-state index in [1.165, 1.54) is 250 Å². The van der Waals surface area contributed by atoms with Gasteiger partial charge in [-0.1, -0.05) is 326 Å². The summed E-state index contributed by atoms with van der Waals surface area (Å²) in [5.41, 5.74) is 5.39. The standard InChI is InChI=1S/C68H130NO8P/c1-3-5-7-9-11-13-15-17-19-21-23-25-26-27-28-29-30-31-32-33-34-35-36-37-38-39-41-42-44-46-48-50-52-54-56-58-60-67(70)74-64-66(65-76-78(72,73)75-63-62-69)77-68(71)61-59-57-55-53-51-49-47-45-43-40-24-22-20-18-16-14-12-10-8-6-4-2/h16,18,22,24,43,45,66H,3-15,17,19-21,23,25-42,44,46-65,69H2,1-2H3,(H,72,73)/b18-16-,24-22-,45-43-. The predicted octanol–water partition coefficient (Wildman–Crippen LogP) is 21.9. The number of hydrogen-bond donors (Lipinski definition) is 2. The molecule has 0 aromatic rings. The van der Waals surface area contributed by atoms with Crippen molar-refractivity contribution in [1.29, 1.82) is 0 Å². The number of unbranched alkanes of at least 4 members (excludes halogenated alkanes) is 46. The van der Waals surface area contributed by atoms with Gasteiger partial charge in [0.2, 0.25) is 0 Å². The fourth-order valence-electron chi connectivity index (χ4n) is 10.2. The molecule has 0 rings (SSSR count). The zero-order chi connectivity index (χ0) is 56.6. The molecule has 9 nitrogen and oxygen atoms in total. The van der Waals surface area contributed by atoms with Gasteiger partial charge in [-0.25, -0.2) is 4.57 Å². The molecule has 0 saturated heterocycles. The Morgan fingerprint density at radius 1 is 0.385 bits per heavy atom. The summed E-state index contributed by atoms with van der Waals surface area (Å²) in [6.07, 6.45) is 79.7. The normalized spacial score (nSPS) is 13.1. The van der Waals surface area contributed by atoms with Crippen molar-refractivity contribution in [3.63, 3.8) is 0 Å². The third-order valence-electron chi connectivity index (χ3n) is 15.3. The van der Waals surface area contributed by atoms with Crippen LogP contribution in [0, 0.1) is 0 Å². The SMILES string of the molecule is CCCCCCC/C=C\C/C=C\C/C=C\CCCCCCCCC(=O)OC(COC(=O)CCCCCCCCCCCCCCCCCCCCCCCCCCCCCCCCCCCCCC)COP(=O)(O)OCCN. The molecule has 0 aromatic heterocycles. The van der Waals surface area contributed by atoms with Crippen molar-refractivity contribution in [2.24, 2.45) is 5.73 Å². The molecule has 0 saturated carbocycles. The zero-order valence-electron chi connectivity index (χ0n) is 51.7. The Morgan fingerprint density at radius 2 is 0.667 bits per heavy atom. The summed E-state index contributed by atoms with van der Waals surface area (Å²) in [6.45, 7) is 3.78. The van der Waals surface area contributed by atoms with Gasteiger partial charge in [-0.05, 0) is 51.4 Å². The summed E-state index contributed by atoms with van der Waals surface area (Å²) in [7, 11) is -4.39. The van der Waals surface area contributed by atoms with E-state index >= 15 is 0 Å². The number of rotatable bonds is 65. The van der Waals surface area contributed by atoms with Gasteiger partial charge in [0.05, 0.1) is 13.2 Å². The van der Waals surface area contributed by atoms with E-state index in [2.05, 4.69) is 50.3 Å². The van der Waals surface area contributed by atoms with E-state index in [4.69, 9.17) is 24.3 Å². The maximum atomic E-state index is 12.7. The Bertz CT molecular complexity index is 1370. The van der Waals surface area contributed by atoms with E-state index in [9.17, 15) is 19.0 Å². The molecule has 78 heavy (non-hydrogen) atoms. The molecule has 0 radical (unpaired) electrons. The van der Waals surface area contributed by atoms with Gasteiger partial charge in [-0.3, -0.25) is 18.6 Å². The highest BCUT2D eigenvalue weighted by molar-refractivity contribution is 7.47. The Hall–Kier alpha value is -1.77. The molecule has 0 aliphatic heterocycles. The summed E-state index contributed by atoms with van der Waals surface area (Å²) in [6, 6.07) is 0. The maximum Gasteiger partial charge on any atom is 0.472 e. The maximum absolute atomic E-state index is 12.7. The molecule has 0 bridgehead atoms. The molecule has 0 aliphatic carbocycles. The van der Waals surface area contributed by atoms with Crippen LogP contribution >= 0.6 is 7.82 Å². The lowest BCUT2D eigenvalue weighted by molar-refractivity contribution is -0.161. The first-order chi connectivity index (χ1) is 38.3. The molecular formula is C68H130NO8P. The number of allylic oxidation sites excluding steroid dienone is 6. The number of hydrogen-bond acceptors (Lipinski definition) is 8. The van der Waals surface area contributed by atoms with Crippen LogP contribution in [-0.4, -0.2) is 49.3 Å². The summed E-state index contributed by atoms with van der Waals surface area (Å²) < 4.78 is 33.1. The van der Waals surface area contributed by atoms with Gasteiger partial charge in [0.1, 0.15) is 6.61 Å². The second-order valence-corrected chi connectivity index (χ2v) is 24.5.